The lowest BCUT2D eigenvalue weighted by molar-refractivity contribution is -0.0710. The number of aliphatic imine (C=N–C) groups is 1. The molecule has 2 aromatic rings. The molecule has 0 spiro atoms. The van der Waals surface area contributed by atoms with Crippen molar-refractivity contribution in [1.29, 1.82) is 0 Å². The summed E-state index contributed by atoms with van der Waals surface area (Å²) in [5, 5.41) is 0. The number of halogens is 5. The molecule has 1 aliphatic heterocycles. The van der Waals surface area contributed by atoms with E-state index in [1.807, 2.05) is 0 Å². The van der Waals surface area contributed by atoms with E-state index in [1.165, 1.54) is 39.2 Å². The first-order chi connectivity index (χ1) is 12.1. The lowest BCUT2D eigenvalue weighted by atomic mass is 9.81. The Morgan fingerprint density at radius 3 is 2.46 bits per heavy atom. The Morgan fingerprint density at radius 2 is 1.85 bits per heavy atom. The number of pyridine rings is 1. The van der Waals surface area contributed by atoms with E-state index in [-0.39, 0.29) is 22.6 Å². The van der Waals surface area contributed by atoms with Crippen LogP contribution in [-0.2, 0) is 5.92 Å². The summed E-state index contributed by atoms with van der Waals surface area (Å²) in [4.78, 5) is 7.75. The molecule has 0 saturated carbocycles. The van der Waals surface area contributed by atoms with Crippen molar-refractivity contribution in [3.05, 3.63) is 58.7 Å². The number of aromatic nitrogens is 1. The molecule has 0 fully saturated rings. The van der Waals surface area contributed by atoms with E-state index in [2.05, 4.69) is 9.98 Å². The fourth-order valence-corrected chi connectivity index (χ4v) is 2.89. The molecule has 2 heterocycles. The molecule has 0 atom stereocenters. The van der Waals surface area contributed by atoms with Gasteiger partial charge in [0.1, 0.15) is 22.8 Å². The van der Waals surface area contributed by atoms with Crippen molar-refractivity contribution in [1.82, 2.24) is 4.98 Å². The quantitative estimate of drug-likeness (QED) is 0.721. The van der Waals surface area contributed by atoms with E-state index in [0.717, 1.165) is 12.3 Å². The minimum Gasteiger partial charge on any atom is -0.495 e. The van der Waals surface area contributed by atoms with Crippen molar-refractivity contribution in [2.45, 2.75) is 31.7 Å². The van der Waals surface area contributed by atoms with E-state index < -0.39 is 35.0 Å². The van der Waals surface area contributed by atoms with E-state index in [0.29, 0.717) is 0 Å². The molecule has 0 saturated heterocycles. The van der Waals surface area contributed by atoms with E-state index in [1.54, 1.807) is 0 Å². The van der Waals surface area contributed by atoms with E-state index >= 15 is 0 Å². The topological polar surface area (TPSA) is 34.5 Å². The predicted molar refractivity (Wildman–Crippen MR) is 85.8 cm³/mol. The second-order valence-electron chi connectivity index (χ2n) is 6.37. The van der Waals surface area contributed by atoms with Crippen LogP contribution in [0.3, 0.4) is 0 Å². The zero-order valence-electron chi connectivity index (χ0n) is 14.2. The summed E-state index contributed by atoms with van der Waals surface area (Å²) >= 11 is 0. The van der Waals surface area contributed by atoms with Crippen LogP contribution < -0.4 is 4.74 Å². The maximum Gasteiger partial charge on any atom is 0.300 e. The SMILES string of the molecule is COc1cc(C2=NC(C)(C)C(F)(F)c3c(F)cccc32)cnc1C(F)F. The largest absolute Gasteiger partial charge is 0.495 e. The van der Waals surface area contributed by atoms with Gasteiger partial charge in [-0.05, 0) is 26.0 Å². The molecule has 0 bridgehead atoms. The molecule has 0 N–H and O–H groups in total. The van der Waals surface area contributed by atoms with Crippen LogP contribution >= 0.6 is 0 Å². The van der Waals surface area contributed by atoms with Gasteiger partial charge in [0.05, 0.1) is 18.4 Å². The van der Waals surface area contributed by atoms with Gasteiger partial charge in [0.25, 0.3) is 6.43 Å². The molecule has 0 aliphatic carbocycles. The fraction of sp³-hybridized carbons (Fsp3) is 0.333. The second kappa shape index (κ2) is 6.03. The standard InChI is InChI=1S/C18H15F5N2O/c1-17(2)18(22,23)13-10(5-4-6-11(13)19)14(25-17)9-7-12(26-3)15(16(20)21)24-8-9/h4-8,16H,1-3H3. The molecule has 0 unspecified atom stereocenters. The summed E-state index contributed by atoms with van der Waals surface area (Å²) in [6.45, 7) is 2.36. The predicted octanol–water partition coefficient (Wildman–Crippen LogP) is 4.89. The van der Waals surface area contributed by atoms with Crippen LogP contribution in [0, 0.1) is 5.82 Å². The van der Waals surface area contributed by atoms with Crippen molar-refractivity contribution in [2.75, 3.05) is 7.11 Å². The van der Waals surface area contributed by atoms with Crippen molar-refractivity contribution in [2.24, 2.45) is 4.99 Å². The number of fused-ring (bicyclic) bond motifs is 1. The van der Waals surface area contributed by atoms with Gasteiger partial charge in [0, 0.05) is 17.3 Å². The molecule has 138 valence electrons. The van der Waals surface area contributed by atoms with Gasteiger partial charge in [-0.25, -0.2) is 13.2 Å². The Bertz CT molecular complexity index is 893. The first-order valence-electron chi connectivity index (χ1n) is 7.69. The molecule has 0 radical (unpaired) electrons. The molecule has 3 rings (SSSR count). The van der Waals surface area contributed by atoms with Crippen molar-refractivity contribution < 1.29 is 26.7 Å². The Labute approximate surface area is 146 Å². The first kappa shape index (κ1) is 18.3. The van der Waals surface area contributed by atoms with Gasteiger partial charge in [-0.15, -0.1) is 0 Å². The molecule has 26 heavy (non-hydrogen) atoms. The number of alkyl halides is 4. The maximum atomic E-state index is 14.8. The van der Waals surface area contributed by atoms with E-state index in [9.17, 15) is 22.0 Å². The summed E-state index contributed by atoms with van der Waals surface area (Å²) in [5.41, 5.74) is -3.16. The van der Waals surface area contributed by atoms with Crippen LogP contribution in [0.2, 0.25) is 0 Å². The van der Waals surface area contributed by atoms with Gasteiger partial charge >= 0.3 is 5.92 Å². The minimum absolute atomic E-state index is 0.0436. The van der Waals surface area contributed by atoms with Gasteiger partial charge in [-0.2, -0.15) is 8.78 Å². The smallest absolute Gasteiger partial charge is 0.300 e. The normalized spacial score (nSPS) is 17.7. The van der Waals surface area contributed by atoms with Gasteiger partial charge in [-0.1, -0.05) is 12.1 Å². The average Bonchev–Trinajstić information content (AvgIpc) is 2.57. The summed E-state index contributed by atoms with van der Waals surface area (Å²) in [6, 6.07) is 4.79. The molecule has 1 aliphatic rings. The molecule has 1 aromatic carbocycles. The van der Waals surface area contributed by atoms with Gasteiger partial charge in [0.2, 0.25) is 0 Å². The molecule has 3 nitrogen and oxygen atoms in total. The maximum absolute atomic E-state index is 14.8. The van der Waals surface area contributed by atoms with Crippen LogP contribution in [-0.4, -0.2) is 23.3 Å². The second-order valence-corrected chi connectivity index (χ2v) is 6.37. The minimum atomic E-state index is -3.54. The summed E-state index contributed by atoms with van der Waals surface area (Å²) in [5.74, 6) is -4.80. The highest BCUT2D eigenvalue weighted by molar-refractivity contribution is 6.15. The Balaban J connectivity index is 2.26. The number of nitrogens with zero attached hydrogens (tertiary/aromatic N) is 2. The van der Waals surface area contributed by atoms with Gasteiger partial charge in [-0.3, -0.25) is 9.98 Å². The summed E-state index contributed by atoms with van der Waals surface area (Å²) in [7, 11) is 1.20. The number of benzene rings is 1. The highest BCUT2D eigenvalue weighted by atomic mass is 19.3. The number of rotatable bonds is 3. The third-order valence-corrected chi connectivity index (χ3v) is 4.32. The number of hydrogen-bond acceptors (Lipinski definition) is 3. The molecule has 8 heteroatoms. The molecule has 1 aromatic heterocycles. The monoisotopic (exact) mass is 370 g/mol. The molecular formula is C18H15F5N2O. The van der Waals surface area contributed by atoms with Crippen LogP contribution in [0.1, 0.15) is 42.7 Å². The zero-order valence-corrected chi connectivity index (χ0v) is 14.2. The van der Waals surface area contributed by atoms with Crippen LogP contribution in [0.25, 0.3) is 0 Å². The first-order valence-corrected chi connectivity index (χ1v) is 7.69. The van der Waals surface area contributed by atoms with Crippen LogP contribution in [0.4, 0.5) is 22.0 Å². The van der Waals surface area contributed by atoms with Crippen molar-refractivity contribution >= 4 is 5.71 Å². The lowest BCUT2D eigenvalue weighted by Crippen LogP contribution is -2.44. The van der Waals surface area contributed by atoms with Crippen molar-refractivity contribution in [3.63, 3.8) is 0 Å². The third kappa shape index (κ3) is 2.64. The number of methoxy groups -OCH3 is 1. The zero-order chi connectivity index (χ0) is 19.3. The highest BCUT2D eigenvalue weighted by Gasteiger charge is 2.54. The summed E-state index contributed by atoms with van der Waals surface area (Å²) in [6.07, 6.45) is -1.77. The van der Waals surface area contributed by atoms with Crippen LogP contribution in [0.5, 0.6) is 5.75 Å². The van der Waals surface area contributed by atoms with Gasteiger partial charge in [0.15, 0.2) is 0 Å². The lowest BCUT2D eigenvalue weighted by Gasteiger charge is -2.37. The van der Waals surface area contributed by atoms with E-state index in [4.69, 9.17) is 4.74 Å². The fourth-order valence-electron chi connectivity index (χ4n) is 2.89. The summed E-state index contributed by atoms with van der Waals surface area (Å²) < 4.78 is 74.6. The van der Waals surface area contributed by atoms with Crippen molar-refractivity contribution in [3.8, 4) is 5.75 Å². The molecular weight excluding hydrogens is 355 g/mol. The Morgan fingerprint density at radius 1 is 1.15 bits per heavy atom. The molecule has 0 amide bonds. The number of hydrogen-bond donors (Lipinski definition) is 0. The Kier molecular flexibility index (Phi) is 4.24. The van der Waals surface area contributed by atoms with Crippen LogP contribution in [0.15, 0.2) is 35.5 Å². The average molecular weight is 370 g/mol. The third-order valence-electron chi connectivity index (χ3n) is 4.32. The Hall–Kier alpha value is -2.51. The van der Waals surface area contributed by atoms with Gasteiger partial charge < -0.3 is 4.74 Å². The highest BCUT2D eigenvalue weighted by Crippen LogP contribution is 2.47. The number of ether oxygens (including phenoxy) is 1.